The molecule has 0 N–H and O–H groups in total. The number of oxazole rings is 1. The lowest BCUT2D eigenvalue weighted by atomic mass is 9.82. The van der Waals surface area contributed by atoms with Crippen molar-refractivity contribution in [2.45, 2.75) is 18.9 Å². The van der Waals surface area contributed by atoms with Gasteiger partial charge in [0.1, 0.15) is 5.52 Å². The van der Waals surface area contributed by atoms with E-state index >= 15 is 0 Å². The third-order valence-corrected chi connectivity index (χ3v) is 7.41. The summed E-state index contributed by atoms with van der Waals surface area (Å²) in [5.41, 5.74) is 4.73. The van der Waals surface area contributed by atoms with Gasteiger partial charge < -0.3 is 18.8 Å². The van der Waals surface area contributed by atoms with Gasteiger partial charge in [-0.3, -0.25) is 9.36 Å². The number of methoxy groups -OCH3 is 2. The third kappa shape index (κ3) is 4.10. The van der Waals surface area contributed by atoms with Crippen molar-refractivity contribution < 1.29 is 18.7 Å². The van der Waals surface area contributed by atoms with Crippen LogP contribution in [0.4, 0.5) is 5.95 Å². The number of hydrogen-bond acceptors (Lipinski definition) is 8. The van der Waals surface area contributed by atoms with Gasteiger partial charge in [-0.05, 0) is 46.9 Å². The highest BCUT2D eigenvalue weighted by Crippen LogP contribution is 2.42. The first kappa shape index (κ1) is 25.4. The quantitative estimate of drug-likeness (QED) is 0.286. The minimum Gasteiger partial charge on any atom is -0.489 e. The van der Waals surface area contributed by atoms with Crippen molar-refractivity contribution >= 4 is 23.0 Å². The standard InChI is InChI=1S/C31H28N4O5/c1-18-17-35(26(19-10-6-5-7-11-19)21-15-14-20(16-22(18)21)30(37)39-4)31-33-25(27(38-3)29(36)34(31)2)28-32-23-12-8-9-13-24(23)40-28/h5-16,18,26H,17H2,1-4H3/t18-,26-/m1/s1. The number of aromatic nitrogens is 3. The van der Waals surface area contributed by atoms with Gasteiger partial charge in [0, 0.05) is 13.6 Å². The molecule has 0 saturated carbocycles. The average Bonchev–Trinajstić information content (AvgIpc) is 3.42. The zero-order valence-electron chi connectivity index (χ0n) is 22.6. The normalized spacial score (nSPS) is 16.6. The van der Waals surface area contributed by atoms with Crippen molar-refractivity contribution in [2.24, 2.45) is 7.05 Å². The number of benzene rings is 3. The Balaban J connectivity index is 1.57. The number of carbonyl (C=O) groups excluding carboxylic acids is 1. The van der Waals surface area contributed by atoms with Gasteiger partial charge in [-0.2, -0.15) is 0 Å². The molecule has 0 unspecified atom stereocenters. The molecule has 0 saturated heterocycles. The van der Waals surface area contributed by atoms with Crippen LogP contribution in [0.25, 0.3) is 22.7 Å². The molecule has 40 heavy (non-hydrogen) atoms. The molecule has 1 aliphatic heterocycles. The number of rotatable bonds is 5. The van der Waals surface area contributed by atoms with Gasteiger partial charge in [0.25, 0.3) is 11.4 Å². The van der Waals surface area contributed by atoms with E-state index in [9.17, 15) is 9.59 Å². The molecule has 2 aromatic heterocycles. The molecule has 0 amide bonds. The lowest BCUT2D eigenvalue weighted by molar-refractivity contribution is 0.0600. The highest BCUT2D eigenvalue weighted by atomic mass is 16.5. The molecule has 0 radical (unpaired) electrons. The SMILES string of the molecule is COC(=O)c1ccc2c(c1)[C@H](C)CN(c1nc(-c3nc4ccccc4o3)c(OC)c(=O)n1C)[C@@H]2c1ccccc1. The van der Waals surface area contributed by atoms with E-state index < -0.39 is 0 Å². The van der Waals surface area contributed by atoms with Crippen LogP contribution in [0.5, 0.6) is 5.75 Å². The number of anilines is 1. The second kappa shape index (κ2) is 10.00. The molecule has 3 heterocycles. The van der Waals surface area contributed by atoms with Gasteiger partial charge in [0.15, 0.2) is 11.3 Å². The van der Waals surface area contributed by atoms with Crippen LogP contribution in [0.2, 0.25) is 0 Å². The summed E-state index contributed by atoms with van der Waals surface area (Å²) in [6.07, 6.45) is 0. The number of hydrogen-bond donors (Lipinski definition) is 0. The first-order chi connectivity index (χ1) is 19.4. The molecule has 3 aromatic carbocycles. The predicted molar refractivity (Wildman–Crippen MR) is 151 cm³/mol. The molecule has 202 valence electrons. The second-order valence-corrected chi connectivity index (χ2v) is 9.85. The van der Waals surface area contributed by atoms with Crippen molar-refractivity contribution in [3.05, 3.63) is 105 Å². The van der Waals surface area contributed by atoms with Crippen LogP contribution in [-0.4, -0.2) is 41.3 Å². The Bertz CT molecular complexity index is 1760. The Labute approximate surface area is 230 Å². The number of para-hydroxylation sites is 2. The molecule has 0 bridgehead atoms. The van der Waals surface area contributed by atoms with Crippen molar-refractivity contribution in [1.29, 1.82) is 0 Å². The first-order valence-electron chi connectivity index (χ1n) is 13.0. The molecule has 1 aliphatic rings. The predicted octanol–water partition coefficient (Wildman–Crippen LogP) is 5.10. The Kier molecular flexibility index (Phi) is 6.34. The maximum Gasteiger partial charge on any atom is 0.337 e. The summed E-state index contributed by atoms with van der Waals surface area (Å²) in [5, 5.41) is 0. The Morgan fingerprint density at radius 2 is 1.73 bits per heavy atom. The van der Waals surface area contributed by atoms with E-state index in [1.54, 1.807) is 13.1 Å². The minimum atomic E-state index is -0.379. The van der Waals surface area contributed by atoms with E-state index in [-0.39, 0.29) is 40.8 Å². The van der Waals surface area contributed by atoms with Gasteiger partial charge in [0.2, 0.25) is 11.7 Å². The van der Waals surface area contributed by atoms with Crippen LogP contribution in [-0.2, 0) is 11.8 Å². The molecule has 6 rings (SSSR count). The van der Waals surface area contributed by atoms with Crippen molar-refractivity contribution in [1.82, 2.24) is 14.5 Å². The lowest BCUT2D eigenvalue weighted by Gasteiger charge is -2.42. The first-order valence-corrected chi connectivity index (χ1v) is 13.0. The Hall–Kier alpha value is -4.92. The topological polar surface area (TPSA) is 99.7 Å². The number of nitrogens with zero attached hydrogens (tertiary/aromatic N) is 4. The summed E-state index contributed by atoms with van der Waals surface area (Å²) < 4.78 is 18.0. The van der Waals surface area contributed by atoms with Crippen molar-refractivity contribution in [3.8, 4) is 17.3 Å². The number of ether oxygens (including phenoxy) is 2. The van der Waals surface area contributed by atoms with Gasteiger partial charge in [-0.1, -0.05) is 55.5 Å². The summed E-state index contributed by atoms with van der Waals surface area (Å²) in [6.45, 7) is 2.63. The summed E-state index contributed by atoms with van der Waals surface area (Å²) in [4.78, 5) is 37.6. The summed E-state index contributed by atoms with van der Waals surface area (Å²) in [6, 6.07) is 22.8. The van der Waals surface area contributed by atoms with E-state index in [4.69, 9.17) is 18.9 Å². The summed E-state index contributed by atoms with van der Waals surface area (Å²) in [7, 11) is 4.50. The van der Waals surface area contributed by atoms with E-state index in [0.29, 0.717) is 29.2 Å². The molecule has 5 aromatic rings. The highest BCUT2D eigenvalue weighted by Gasteiger charge is 2.36. The van der Waals surface area contributed by atoms with Crippen LogP contribution in [0.3, 0.4) is 0 Å². The molecule has 0 aliphatic carbocycles. The Morgan fingerprint density at radius 1 is 0.975 bits per heavy atom. The summed E-state index contributed by atoms with van der Waals surface area (Å²) in [5.74, 6) is 0.359. The molecule has 0 spiro atoms. The largest absolute Gasteiger partial charge is 0.489 e. The monoisotopic (exact) mass is 536 g/mol. The molecule has 9 heteroatoms. The molecular formula is C31H28N4O5. The number of carbonyl (C=O) groups is 1. The third-order valence-electron chi connectivity index (χ3n) is 7.41. The van der Waals surface area contributed by atoms with Crippen LogP contribution in [0.1, 0.15) is 45.9 Å². The molecule has 9 nitrogen and oxygen atoms in total. The smallest absolute Gasteiger partial charge is 0.337 e. The van der Waals surface area contributed by atoms with Gasteiger partial charge in [-0.15, -0.1) is 0 Å². The fourth-order valence-corrected chi connectivity index (χ4v) is 5.48. The zero-order valence-corrected chi connectivity index (χ0v) is 22.6. The number of fused-ring (bicyclic) bond motifs is 2. The molecule has 0 fully saturated rings. The Morgan fingerprint density at radius 3 is 2.45 bits per heavy atom. The van der Waals surface area contributed by atoms with Crippen LogP contribution < -0.4 is 15.2 Å². The lowest BCUT2D eigenvalue weighted by Crippen LogP contribution is -2.41. The second-order valence-electron chi connectivity index (χ2n) is 9.85. The molecule has 2 atom stereocenters. The van der Waals surface area contributed by atoms with E-state index in [2.05, 4.69) is 28.9 Å². The van der Waals surface area contributed by atoms with Crippen molar-refractivity contribution in [2.75, 3.05) is 25.7 Å². The van der Waals surface area contributed by atoms with Crippen molar-refractivity contribution in [3.63, 3.8) is 0 Å². The van der Waals surface area contributed by atoms with E-state index in [1.807, 2.05) is 54.6 Å². The average molecular weight is 537 g/mol. The number of esters is 1. The molecular weight excluding hydrogens is 508 g/mol. The summed E-state index contributed by atoms with van der Waals surface area (Å²) >= 11 is 0. The fourth-order valence-electron chi connectivity index (χ4n) is 5.48. The zero-order chi connectivity index (χ0) is 28.0. The van der Waals surface area contributed by atoms with Gasteiger partial charge in [-0.25, -0.2) is 14.8 Å². The maximum atomic E-state index is 13.6. The van der Waals surface area contributed by atoms with E-state index in [1.165, 1.54) is 18.8 Å². The van der Waals surface area contributed by atoms with Gasteiger partial charge >= 0.3 is 5.97 Å². The van der Waals surface area contributed by atoms with Crippen LogP contribution >= 0.6 is 0 Å². The van der Waals surface area contributed by atoms with Crippen LogP contribution in [0, 0.1) is 0 Å². The fraction of sp³-hybridized carbons (Fsp3) is 0.226. The van der Waals surface area contributed by atoms with Crippen LogP contribution in [0.15, 0.2) is 82.0 Å². The minimum absolute atomic E-state index is 0.0198. The highest BCUT2D eigenvalue weighted by molar-refractivity contribution is 5.89. The maximum absolute atomic E-state index is 13.6. The van der Waals surface area contributed by atoms with Gasteiger partial charge in [0.05, 0.1) is 25.8 Å². The van der Waals surface area contributed by atoms with E-state index in [0.717, 1.165) is 16.7 Å².